The highest BCUT2D eigenvalue weighted by atomic mass is 79.9. The molecule has 21 heavy (non-hydrogen) atoms. The first-order valence-electron chi connectivity index (χ1n) is 7.54. The van der Waals surface area contributed by atoms with Crippen molar-refractivity contribution >= 4 is 15.9 Å². The van der Waals surface area contributed by atoms with E-state index in [-0.39, 0.29) is 0 Å². The van der Waals surface area contributed by atoms with Gasteiger partial charge in [-0.1, -0.05) is 33.2 Å². The number of hydrogen-bond acceptors (Lipinski definition) is 3. The van der Waals surface area contributed by atoms with Crippen molar-refractivity contribution in [2.45, 2.75) is 45.1 Å². The lowest BCUT2D eigenvalue weighted by molar-refractivity contribution is 0.292. The standard InChI is InChI=1S/C17H21BrN2O/c1-11-17(12(2)21-20-11)7-8-19-16-9-14(10-16)13-3-5-15(18)6-4-13/h3-6,14,16,19H,7-10H2,1-2H3. The van der Waals surface area contributed by atoms with Crippen molar-refractivity contribution in [3.05, 3.63) is 51.3 Å². The van der Waals surface area contributed by atoms with Crippen molar-refractivity contribution in [2.75, 3.05) is 6.54 Å². The van der Waals surface area contributed by atoms with Crippen LogP contribution in [0.2, 0.25) is 0 Å². The fraction of sp³-hybridized carbons (Fsp3) is 0.471. The molecule has 0 radical (unpaired) electrons. The molecule has 0 bridgehead atoms. The third-order valence-corrected chi connectivity index (χ3v) is 5.00. The van der Waals surface area contributed by atoms with Crippen LogP contribution in [0.25, 0.3) is 0 Å². The van der Waals surface area contributed by atoms with Gasteiger partial charge in [0, 0.05) is 16.1 Å². The lowest BCUT2D eigenvalue weighted by Gasteiger charge is -2.36. The number of nitrogens with zero attached hydrogens (tertiary/aromatic N) is 1. The number of benzene rings is 1. The van der Waals surface area contributed by atoms with Crippen molar-refractivity contribution in [1.29, 1.82) is 0 Å². The maximum absolute atomic E-state index is 5.20. The Kier molecular flexibility index (Phi) is 4.45. The smallest absolute Gasteiger partial charge is 0.137 e. The molecule has 0 unspecified atom stereocenters. The summed E-state index contributed by atoms with van der Waals surface area (Å²) < 4.78 is 6.35. The van der Waals surface area contributed by atoms with Crippen LogP contribution in [0.5, 0.6) is 0 Å². The molecule has 0 amide bonds. The van der Waals surface area contributed by atoms with Gasteiger partial charge < -0.3 is 9.84 Å². The average Bonchev–Trinajstić information content (AvgIpc) is 2.74. The van der Waals surface area contributed by atoms with Crippen LogP contribution in [0.3, 0.4) is 0 Å². The van der Waals surface area contributed by atoms with Crippen LogP contribution in [-0.2, 0) is 6.42 Å². The summed E-state index contributed by atoms with van der Waals surface area (Å²) in [4.78, 5) is 0. The molecule has 1 heterocycles. The molecule has 3 nitrogen and oxygen atoms in total. The number of nitrogens with one attached hydrogen (secondary N) is 1. The first-order chi connectivity index (χ1) is 10.1. The van der Waals surface area contributed by atoms with Crippen molar-refractivity contribution in [3.8, 4) is 0 Å². The zero-order valence-corrected chi connectivity index (χ0v) is 14.1. The normalized spacial score (nSPS) is 21.3. The molecule has 0 spiro atoms. The molecular formula is C17H21BrN2O. The Morgan fingerprint density at radius 2 is 1.95 bits per heavy atom. The number of hydrogen-bond donors (Lipinski definition) is 1. The minimum Gasteiger partial charge on any atom is -0.361 e. The Morgan fingerprint density at radius 1 is 1.24 bits per heavy atom. The first-order valence-corrected chi connectivity index (χ1v) is 8.33. The van der Waals surface area contributed by atoms with E-state index in [2.05, 4.69) is 50.7 Å². The van der Waals surface area contributed by atoms with Gasteiger partial charge in [0.2, 0.25) is 0 Å². The zero-order chi connectivity index (χ0) is 14.8. The number of aromatic nitrogens is 1. The molecule has 1 fully saturated rings. The van der Waals surface area contributed by atoms with Gasteiger partial charge in [-0.2, -0.15) is 0 Å². The van der Waals surface area contributed by atoms with E-state index in [1.54, 1.807) is 0 Å². The van der Waals surface area contributed by atoms with Gasteiger partial charge in [0.15, 0.2) is 0 Å². The minimum absolute atomic E-state index is 0.652. The Bertz CT molecular complexity index is 580. The fourth-order valence-corrected chi connectivity index (χ4v) is 3.32. The summed E-state index contributed by atoms with van der Waals surface area (Å²) >= 11 is 3.49. The van der Waals surface area contributed by atoms with E-state index < -0.39 is 0 Å². The van der Waals surface area contributed by atoms with Crippen LogP contribution in [0, 0.1) is 13.8 Å². The fourth-order valence-electron chi connectivity index (χ4n) is 3.05. The number of halogens is 1. The molecule has 3 rings (SSSR count). The maximum atomic E-state index is 5.20. The SMILES string of the molecule is Cc1noc(C)c1CCNC1CC(c2ccc(Br)cc2)C1. The van der Waals surface area contributed by atoms with E-state index in [4.69, 9.17) is 4.52 Å². The van der Waals surface area contributed by atoms with E-state index in [1.165, 1.54) is 24.0 Å². The van der Waals surface area contributed by atoms with Crippen LogP contribution < -0.4 is 5.32 Å². The summed E-state index contributed by atoms with van der Waals surface area (Å²) in [7, 11) is 0. The molecule has 0 atom stereocenters. The van der Waals surface area contributed by atoms with Crippen LogP contribution in [0.4, 0.5) is 0 Å². The summed E-state index contributed by atoms with van der Waals surface area (Å²) in [6.07, 6.45) is 3.48. The second kappa shape index (κ2) is 6.32. The maximum Gasteiger partial charge on any atom is 0.137 e. The largest absolute Gasteiger partial charge is 0.361 e. The molecule has 1 aliphatic rings. The van der Waals surface area contributed by atoms with E-state index in [1.807, 2.05) is 13.8 Å². The molecule has 112 valence electrons. The highest BCUT2D eigenvalue weighted by molar-refractivity contribution is 9.10. The molecule has 4 heteroatoms. The van der Waals surface area contributed by atoms with E-state index in [0.717, 1.165) is 34.8 Å². The molecule has 1 aromatic heterocycles. The Morgan fingerprint density at radius 3 is 2.57 bits per heavy atom. The van der Waals surface area contributed by atoms with E-state index in [0.29, 0.717) is 6.04 Å². The number of rotatable bonds is 5. The Hall–Kier alpha value is -1.13. The monoisotopic (exact) mass is 348 g/mol. The average molecular weight is 349 g/mol. The first kappa shape index (κ1) is 14.8. The lowest BCUT2D eigenvalue weighted by atomic mass is 9.76. The van der Waals surface area contributed by atoms with Gasteiger partial charge >= 0.3 is 0 Å². The minimum atomic E-state index is 0.652. The molecule has 1 aromatic carbocycles. The molecular weight excluding hydrogens is 328 g/mol. The van der Waals surface area contributed by atoms with Crippen LogP contribution in [0.1, 0.15) is 41.3 Å². The van der Waals surface area contributed by atoms with Gasteiger partial charge in [0.1, 0.15) is 5.76 Å². The predicted octanol–water partition coefficient (Wildman–Crippen LogP) is 4.13. The summed E-state index contributed by atoms with van der Waals surface area (Å²) in [6.45, 7) is 5.00. The van der Waals surface area contributed by atoms with Gasteiger partial charge in [0.25, 0.3) is 0 Å². The van der Waals surface area contributed by atoms with Crippen LogP contribution >= 0.6 is 15.9 Å². The second-order valence-electron chi connectivity index (χ2n) is 5.92. The summed E-state index contributed by atoms with van der Waals surface area (Å²) in [5.41, 5.74) is 3.74. The Labute approximate surface area is 134 Å². The molecule has 0 aliphatic heterocycles. The van der Waals surface area contributed by atoms with Crippen molar-refractivity contribution in [3.63, 3.8) is 0 Å². The van der Waals surface area contributed by atoms with E-state index >= 15 is 0 Å². The number of aryl methyl sites for hydroxylation is 2. The third kappa shape index (κ3) is 3.38. The highest BCUT2D eigenvalue weighted by Crippen LogP contribution is 2.37. The third-order valence-electron chi connectivity index (χ3n) is 4.47. The summed E-state index contributed by atoms with van der Waals surface area (Å²) in [5.74, 6) is 1.67. The molecule has 0 saturated heterocycles. The van der Waals surface area contributed by atoms with Gasteiger partial charge in [-0.15, -0.1) is 0 Å². The second-order valence-corrected chi connectivity index (χ2v) is 6.84. The molecule has 2 aromatic rings. The van der Waals surface area contributed by atoms with Gasteiger partial charge in [-0.25, -0.2) is 0 Å². The van der Waals surface area contributed by atoms with Crippen molar-refractivity contribution in [1.82, 2.24) is 10.5 Å². The molecule has 1 aliphatic carbocycles. The van der Waals surface area contributed by atoms with E-state index in [9.17, 15) is 0 Å². The highest BCUT2D eigenvalue weighted by Gasteiger charge is 2.29. The zero-order valence-electron chi connectivity index (χ0n) is 12.5. The Balaban J connectivity index is 1.42. The molecule has 1 N–H and O–H groups in total. The van der Waals surface area contributed by atoms with Gasteiger partial charge in [-0.3, -0.25) is 0 Å². The van der Waals surface area contributed by atoms with Crippen molar-refractivity contribution in [2.24, 2.45) is 0 Å². The molecule has 1 saturated carbocycles. The topological polar surface area (TPSA) is 38.1 Å². The van der Waals surface area contributed by atoms with Gasteiger partial charge in [0.05, 0.1) is 5.69 Å². The summed E-state index contributed by atoms with van der Waals surface area (Å²) in [5, 5.41) is 7.64. The van der Waals surface area contributed by atoms with Crippen LogP contribution in [-0.4, -0.2) is 17.7 Å². The predicted molar refractivity (Wildman–Crippen MR) is 87.6 cm³/mol. The van der Waals surface area contributed by atoms with Crippen molar-refractivity contribution < 1.29 is 4.52 Å². The lowest BCUT2D eigenvalue weighted by Crippen LogP contribution is -2.41. The van der Waals surface area contributed by atoms with Gasteiger partial charge in [-0.05, 0) is 63.3 Å². The van der Waals surface area contributed by atoms with Crippen LogP contribution in [0.15, 0.2) is 33.3 Å². The summed E-state index contributed by atoms with van der Waals surface area (Å²) in [6, 6.07) is 9.38. The quantitative estimate of drug-likeness (QED) is 0.882.